The quantitative estimate of drug-likeness (QED) is 0.639. The van der Waals surface area contributed by atoms with Gasteiger partial charge in [-0.2, -0.15) is 0 Å². The van der Waals surface area contributed by atoms with Crippen molar-refractivity contribution in [3.8, 4) is 17.6 Å². The van der Waals surface area contributed by atoms with Gasteiger partial charge in [0.05, 0.1) is 25.3 Å². The summed E-state index contributed by atoms with van der Waals surface area (Å²) in [5.41, 5.74) is 1.71. The Morgan fingerprint density at radius 2 is 1.33 bits per heavy atom. The van der Waals surface area contributed by atoms with E-state index in [9.17, 15) is 9.59 Å². The molecule has 0 fully saturated rings. The molecule has 0 aliphatic rings. The molecule has 0 bridgehead atoms. The summed E-state index contributed by atoms with van der Waals surface area (Å²) in [6.07, 6.45) is 0. The smallest absolute Gasteiger partial charge is 0.337 e. The Balaban J connectivity index is 1.89. The molecule has 0 aliphatic carbocycles. The third-order valence-corrected chi connectivity index (χ3v) is 3.13. The number of rotatable bonds is 4. The van der Waals surface area contributed by atoms with Crippen LogP contribution in [0.4, 0.5) is 0 Å². The van der Waals surface area contributed by atoms with Gasteiger partial charge in [-0.1, -0.05) is 11.8 Å². The highest BCUT2D eigenvalue weighted by atomic mass is 16.5. The number of benzene rings is 2. The molecule has 0 saturated heterocycles. The topological polar surface area (TPSA) is 61.8 Å². The molecule has 0 aromatic heterocycles. The van der Waals surface area contributed by atoms with Crippen molar-refractivity contribution in [1.29, 1.82) is 0 Å². The minimum absolute atomic E-state index is 0.205. The molecule has 0 aliphatic heterocycles. The van der Waals surface area contributed by atoms with E-state index in [1.165, 1.54) is 14.2 Å². The molecule has 0 atom stereocenters. The van der Waals surface area contributed by atoms with E-state index in [-0.39, 0.29) is 12.6 Å². The van der Waals surface area contributed by atoms with Crippen molar-refractivity contribution in [2.75, 3.05) is 20.8 Å². The third kappa shape index (κ3) is 4.62. The number of methoxy groups -OCH3 is 2. The van der Waals surface area contributed by atoms with Crippen LogP contribution in [0.1, 0.15) is 26.3 Å². The van der Waals surface area contributed by atoms with Gasteiger partial charge in [0.15, 0.2) is 0 Å². The zero-order chi connectivity index (χ0) is 17.4. The summed E-state index contributed by atoms with van der Waals surface area (Å²) in [4.78, 5) is 22.6. The van der Waals surface area contributed by atoms with Crippen LogP contribution in [0.15, 0.2) is 48.5 Å². The van der Waals surface area contributed by atoms with Gasteiger partial charge in [-0.25, -0.2) is 9.59 Å². The molecule has 24 heavy (non-hydrogen) atoms. The maximum Gasteiger partial charge on any atom is 0.337 e. The van der Waals surface area contributed by atoms with Crippen molar-refractivity contribution in [3.05, 3.63) is 65.2 Å². The van der Waals surface area contributed by atoms with Gasteiger partial charge in [-0.15, -0.1) is 0 Å². The minimum atomic E-state index is -0.392. The first kappa shape index (κ1) is 17.1. The van der Waals surface area contributed by atoms with Gasteiger partial charge in [0.2, 0.25) is 0 Å². The molecule has 5 nitrogen and oxygen atoms in total. The van der Waals surface area contributed by atoms with Crippen LogP contribution >= 0.6 is 0 Å². The highest BCUT2D eigenvalue weighted by molar-refractivity contribution is 5.89. The van der Waals surface area contributed by atoms with Gasteiger partial charge < -0.3 is 14.2 Å². The lowest BCUT2D eigenvalue weighted by atomic mass is 10.1. The molecule has 0 heterocycles. The summed E-state index contributed by atoms with van der Waals surface area (Å²) >= 11 is 0. The standard InChI is InChI=1S/C19H16O5/c1-22-18(20)15-7-5-14(6-8-15)4-3-13-24-17-11-9-16(10-12-17)19(21)23-2/h5-12H,13H2,1-2H3. The van der Waals surface area contributed by atoms with Crippen molar-refractivity contribution < 1.29 is 23.8 Å². The van der Waals surface area contributed by atoms with E-state index >= 15 is 0 Å². The molecule has 2 aromatic carbocycles. The Hall–Kier alpha value is -3.26. The van der Waals surface area contributed by atoms with E-state index in [4.69, 9.17) is 4.74 Å². The van der Waals surface area contributed by atoms with Crippen molar-refractivity contribution in [1.82, 2.24) is 0 Å². The molecule has 0 saturated carbocycles. The van der Waals surface area contributed by atoms with Crippen molar-refractivity contribution >= 4 is 11.9 Å². The molecular weight excluding hydrogens is 308 g/mol. The average Bonchev–Trinajstić information content (AvgIpc) is 2.65. The van der Waals surface area contributed by atoms with Crippen LogP contribution in [-0.2, 0) is 9.47 Å². The first-order valence-electron chi connectivity index (χ1n) is 7.12. The van der Waals surface area contributed by atoms with E-state index in [1.807, 2.05) is 0 Å². The lowest BCUT2D eigenvalue weighted by Gasteiger charge is -2.03. The summed E-state index contributed by atoms with van der Waals surface area (Å²) in [7, 11) is 2.67. The number of hydrogen-bond donors (Lipinski definition) is 0. The molecule has 2 aromatic rings. The maximum atomic E-state index is 11.3. The second-order valence-corrected chi connectivity index (χ2v) is 4.68. The Morgan fingerprint density at radius 1 is 0.833 bits per heavy atom. The summed E-state index contributed by atoms with van der Waals surface area (Å²) in [6, 6.07) is 13.4. The van der Waals surface area contributed by atoms with Crippen LogP contribution in [0.25, 0.3) is 0 Å². The average molecular weight is 324 g/mol. The van der Waals surface area contributed by atoms with E-state index in [0.29, 0.717) is 16.9 Å². The Kier molecular flexibility index (Phi) is 5.98. The molecule has 122 valence electrons. The van der Waals surface area contributed by atoms with Crippen molar-refractivity contribution in [2.45, 2.75) is 0 Å². The minimum Gasteiger partial charge on any atom is -0.481 e. The zero-order valence-corrected chi connectivity index (χ0v) is 13.4. The van der Waals surface area contributed by atoms with Crippen LogP contribution in [0.2, 0.25) is 0 Å². The number of carbonyl (C=O) groups excluding carboxylic acids is 2. The van der Waals surface area contributed by atoms with E-state index in [2.05, 4.69) is 21.3 Å². The molecule has 0 unspecified atom stereocenters. The molecule has 0 radical (unpaired) electrons. The maximum absolute atomic E-state index is 11.3. The highest BCUT2D eigenvalue weighted by Crippen LogP contribution is 2.12. The number of hydrogen-bond acceptors (Lipinski definition) is 5. The van der Waals surface area contributed by atoms with Gasteiger partial charge in [-0.05, 0) is 48.5 Å². The second-order valence-electron chi connectivity index (χ2n) is 4.68. The van der Waals surface area contributed by atoms with Gasteiger partial charge in [0.1, 0.15) is 12.4 Å². The van der Waals surface area contributed by atoms with E-state index < -0.39 is 5.97 Å². The second kappa shape index (κ2) is 8.39. The Labute approximate surface area is 140 Å². The van der Waals surface area contributed by atoms with Crippen molar-refractivity contribution in [3.63, 3.8) is 0 Å². The largest absolute Gasteiger partial charge is 0.481 e. The van der Waals surface area contributed by atoms with Crippen LogP contribution in [-0.4, -0.2) is 32.8 Å². The first-order valence-corrected chi connectivity index (χ1v) is 7.12. The van der Waals surface area contributed by atoms with E-state index in [0.717, 1.165) is 5.56 Å². The fourth-order valence-corrected chi connectivity index (χ4v) is 1.87. The molecule has 5 heteroatoms. The van der Waals surface area contributed by atoms with Crippen LogP contribution in [0.5, 0.6) is 5.75 Å². The summed E-state index contributed by atoms with van der Waals surface area (Å²) in [6.45, 7) is 0.205. The molecule has 0 N–H and O–H groups in total. The highest BCUT2D eigenvalue weighted by Gasteiger charge is 2.04. The number of esters is 2. The summed E-state index contributed by atoms with van der Waals surface area (Å²) < 4.78 is 14.7. The number of carbonyl (C=O) groups is 2. The fraction of sp³-hybridized carbons (Fsp3) is 0.158. The van der Waals surface area contributed by atoms with E-state index in [1.54, 1.807) is 48.5 Å². The van der Waals surface area contributed by atoms with Crippen LogP contribution < -0.4 is 4.74 Å². The van der Waals surface area contributed by atoms with Crippen molar-refractivity contribution in [2.24, 2.45) is 0 Å². The van der Waals surface area contributed by atoms with Crippen LogP contribution in [0.3, 0.4) is 0 Å². The zero-order valence-electron chi connectivity index (χ0n) is 13.4. The lowest BCUT2D eigenvalue weighted by Crippen LogP contribution is -2.01. The molecular formula is C19H16O5. The monoisotopic (exact) mass is 324 g/mol. The normalized spacial score (nSPS) is 9.42. The Morgan fingerprint density at radius 3 is 1.83 bits per heavy atom. The predicted octanol–water partition coefficient (Wildman–Crippen LogP) is 2.69. The summed E-state index contributed by atoms with van der Waals surface area (Å²) in [5.74, 6) is 5.65. The molecule has 0 spiro atoms. The number of ether oxygens (including phenoxy) is 3. The lowest BCUT2D eigenvalue weighted by molar-refractivity contribution is 0.0592. The van der Waals surface area contributed by atoms with Gasteiger partial charge in [-0.3, -0.25) is 0 Å². The molecule has 0 amide bonds. The van der Waals surface area contributed by atoms with Crippen LogP contribution in [0, 0.1) is 11.8 Å². The Bertz CT molecular complexity index is 764. The fourth-order valence-electron chi connectivity index (χ4n) is 1.87. The van der Waals surface area contributed by atoms with Gasteiger partial charge in [0, 0.05) is 5.56 Å². The first-order chi connectivity index (χ1) is 11.6. The van der Waals surface area contributed by atoms with Gasteiger partial charge >= 0.3 is 11.9 Å². The van der Waals surface area contributed by atoms with Gasteiger partial charge in [0.25, 0.3) is 0 Å². The SMILES string of the molecule is COC(=O)c1ccc(C#CCOc2ccc(C(=O)OC)cc2)cc1. The summed E-state index contributed by atoms with van der Waals surface area (Å²) in [5, 5.41) is 0. The third-order valence-electron chi connectivity index (χ3n) is 3.13. The molecule has 2 rings (SSSR count). The predicted molar refractivity (Wildman–Crippen MR) is 87.9 cm³/mol.